The molecule has 1 aliphatic heterocycles. The van der Waals surface area contributed by atoms with Gasteiger partial charge in [-0.05, 0) is 17.9 Å². The predicted molar refractivity (Wildman–Crippen MR) is 73.1 cm³/mol. The maximum absolute atomic E-state index is 12.4. The fourth-order valence-corrected chi connectivity index (χ4v) is 4.70. The number of sulfonamides is 1. The Labute approximate surface area is 121 Å². The van der Waals surface area contributed by atoms with Crippen molar-refractivity contribution in [2.24, 2.45) is 0 Å². The van der Waals surface area contributed by atoms with Crippen molar-refractivity contribution in [2.45, 2.75) is 11.8 Å². The van der Waals surface area contributed by atoms with Crippen molar-refractivity contribution in [3.05, 3.63) is 15.8 Å². The van der Waals surface area contributed by atoms with Gasteiger partial charge in [-0.3, -0.25) is 0 Å². The minimum absolute atomic E-state index is 0.0131. The van der Waals surface area contributed by atoms with E-state index in [-0.39, 0.29) is 9.77 Å². The van der Waals surface area contributed by atoms with E-state index in [2.05, 4.69) is 9.57 Å². The Bertz CT molecular complexity index is 590. The summed E-state index contributed by atoms with van der Waals surface area (Å²) in [6, 6.07) is 0. The molecule has 0 spiro atoms. The molecular weight excluding hydrogens is 304 g/mol. The van der Waals surface area contributed by atoms with Crippen LogP contribution >= 0.6 is 11.3 Å². The van der Waals surface area contributed by atoms with Crippen LogP contribution in [0, 0.1) is 6.92 Å². The fraction of sp³-hybridized carbons (Fsp3) is 0.545. The van der Waals surface area contributed by atoms with E-state index >= 15 is 0 Å². The van der Waals surface area contributed by atoms with Crippen LogP contribution in [0.5, 0.6) is 0 Å². The molecule has 9 heteroatoms. The lowest BCUT2D eigenvalue weighted by molar-refractivity contribution is 0.0272. The Morgan fingerprint density at radius 1 is 1.45 bits per heavy atom. The van der Waals surface area contributed by atoms with Crippen LogP contribution in [0.1, 0.15) is 15.2 Å². The lowest BCUT2D eigenvalue weighted by atomic mass is 10.3. The van der Waals surface area contributed by atoms with Gasteiger partial charge in [0.05, 0.1) is 20.3 Å². The lowest BCUT2D eigenvalue weighted by Crippen LogP contribution is -2.48. The summed E-state index contributed by atoms with van der Waals surface area (Å²) in [6.45, 7) is 3.52. The molecule has 0 amide bonds. The second-order valence-corrected chi connectivity index (χ2v) is 6.74. The SMILES string of the molecule is COC(=O)c1scc(C)c1S(=O)(=O)NN1CCOCC1. The van der Waals surface area contributed by atoms with Gasteiger partial charge in [0.2, 0.25) is 0 Å². The molecule has 2 rings (SSSR count). The van der Waals surface area contributed by atoms with Crippen molar-refractivity contribution in [3.8, 4) is 0 Å². The summed E-state index contributed by atoms with van der Waals surface area (Å²) in [5.41, 5.74) is 0.524. The summed E-state index contributed by atoms with van der Waals surface area (Å²) in [5, 5.41) is 3.19. The number of nitrogens with zero attached hydrogens (tertiary/aromatic N) is 1. The van der Waals surface area contributed by atoms with Crippen LogP contribution in [-0.2, 0) is 19.5 Å². The number of hydrogen-bond donors (Lipinski definition) is 1. The molecule has 1 aliphatic rings. The highest BCUT2D eigenvalue weighted by Crippen LogP contribution is 2.27. The summed E-state index contributed by atoms with van der Waals surface area (Å²) in [6.07, 6.45) is 0. The van der Waals surface area contributed by atoms with Crippen LogP contribution in [0.2, 0.25) is 0 Å². The Balaban J connectivity index is 2.29. The number of carbonyl (C=O) groups excluding carboxylic acids is 1. The smallest absolute Gasteiger partial charge is 0.349 e. The first-order valence-corrected chi connectivity index (χ1v) is 8.33. The molecule has 7 nitrogen and oxygen atoms in total. The molecule has 112 valence electrons. The van der Waals surface area contributed by atoms with E-state index in [1.54, 1.807) is 17.3 Å². The summed E-state index contributed by atoms with van der Waals surface area (Å²) in [7, 11) is -2.58. The Morgan fingerprint density at radius 2 is 2.10 bits per heavy atom. The number of aryl methyl sites for hydroxylation is 1. The zero-order valence-electron chi connectivity index (χ0n) is 11.2. The van der Waals surface area contributed by atoms with Crippen molar-refractivity contribution in [3.63, 3.8) is 0 Å². The molecule has 2 heterocycles. The number of nitrogens with one attached hydrogen (secondary N) is 1. The summed E-state index contributed by atoms with van der Waals surface area (Å²) in [5.74, 6) is -0.648. The topological polar surface area (TPSA) is 84.9 Å². The maximum atomic E-state index is 12.4. The number of esters is 1. The van der Waals surface area contributed by atoms with Gasteiger partial charge in [0.25, 0.3) is 10.0 Å². The molecule has 0 unspecified atom stereocenters. The quantitative estimate of drug-likeness (QED) is 0.807. The molecule has 0 atom stereocenters. The fourth-order valence-electron chi connectivity index (χ4n) is 1.87. The van der Waals surface area contributed by atoms with Crippen molar-refractivity contribution in [2.75, 3.05) is 33.4 Å². The molecule has 0 bridgehead atoms. The third kappa shape index (κ3) is 3.18. The van der Waals surface area contributed by atoms with Crippen molar-refractivity contribution >= 4 is 27.3 Å². The van der Waals surface area contributed by atoms with Gasteiger partial charge in [-0.2, -0.15) is 0 Å². The molecule has 0 aromatic carbocycles. The van der Waals surface area contributed by atoms with E-state index in [4.69, 9.17) is 4.74 Å². The van der Waals surface area contributed by atoms with Gasteiger partial charge in [0, 0.05) is 13.1 Å². The minimum atomic E-state index is -3.80. The van der Waals surface area contributed by atoms with E-state index < -0.39 is 16.0 Å². The lowest BCUT2D eigenvalue weighted by Gasteiger charge is -2.26. The Morgan fingerprint density at radius 3 is 2.70 bits per heavy atom. The zero-order valence-corrected chi connectivity index (χ0v) is 12.8. The Hall–Kier alpha value is -1.00. The largest absolute Gasteiger partial charge is 0.465 e. The van der Waals surface area contributed by atoms with Crippen LogP contribution in [-0.4, -0.2) is 52.8 Å². The standard InChI is InChI=1S/C11H16N2O5S2/c1-8-7-19-9(11(14)17-2)10(8)20(15,16)12-13-3-5-18-6-4-13/h7,12H,3-6H2,1-2H3. The van der Waals surface area contributed by atoms with Crippen LogP contribution in [0.15, 0.2) is 10.3 Å². The summed E-state index contributed by atoms with van der Waals surface area (Å²) in [4.78, 5) is 14.2. The van der Waals surface area contributed by atoms with E-state index in [0.29, 0.717) is 31.9 Å². The van der Waals surface area contributed by atoms with Gasteiger partial charge < -0.3 is 9.47 Å². The molecule has 0 aliphatic carbocycles. The predicted octanol–water partition coefficient (Wildman–Crippen LogP) is 0.369. The van der Waals surface area contributed by atoms with Crippen molar-refractivity contribution in [1.29, 1.82) is 0 Å². The molecule has 1 N–H and O–H groups in total. The number of rotatable bonds is 4. The van der Waals surface area contributed by atoms with E-state index in [0.717, 1.165) is 11.3 Å². The van der Waals surface area contributed by atoms with E-state index in [1.807, 2.05) is 0 Å². The number of hydrogen-bond acceptors (Lipinski definition) is 7. The van der Waals surface area contributed by atoms with Crippen molar-refractivity contribution < 1.29 is 22.7 Å². The first-order valence-electron chi connectivity index (χ1n) is 5.97. The number of thiophene rings is 1. The van der Waals surface area contributed by atoms with Gasteiger partial charge in [-0.25, -0.2) is 18.2 Å². The first-order chi connectivity index (χ1) is 9.45. The first kappa shape index (κ1) is 15.4. The zero-order chi connectivity index (χ0) is 14.8. The molecule has 0 radical (unpaired) electrons. The molecule has 20 heavy (non-hydrogen) atoms. The normalized spacial score (nSPS) is 17.1. The molecular formula is C11H16N2O5S2. The van der Waals surface area contributed by atoms with E-state index in [1.165, 1.54) is 7.11 Å². The van der Waals surface area contributed by atoms with Crippen molar-refractivity contribution in [1.82, 2.24) is 9.84 Å². The summed E-state index contributed by atoms with van der Waals surface area (Å²) < 4.78 is 34.6. The maximum Gasteiger partial charge on any atom is 0.349 e. The van der Waals surface area contributed by atoms with Crippen LogP contribution in [0.3, 0.4) is 0 Å². The highest BCUT2D eigenvalue weighted by molar-refractivity contribution is 7.89. The Kier molecular flexibility index (Phi) is 4.76. The molecule has 1 aromatic rings. The minimum Gasteiger partial charge on any atom is -0.465 e. The molecule has 1 saturated heterocycles. The molecule has 0 saturated carbocycles. The number of morpholine rings is 1. The van der Waals surface area contributed by atoms with Crippen LogP contribution in [0.4, 0.5) is 0 Å². The van der Waals surface area contributed by atoms with Crippen LogP contribution in [0.25, 0.3) is 0 Å². The van der Waals surface area contributed by atoms with Gasteiger partial charge in [0.1, 0.15) is 9.77 Å². The third-order valence-corrected chi connectivity index (χ3v) is 5.59. The average molecular weight is 320 g/mol. The van der Waals surface area contributed by atoms with E-state index in [9.17, 15) is 13.2 Å². The second-order valence-electron chi connectivity index (χ2n) is 4.26. The molecule has 1 fully saturated rings. The average Bonchev–Trinajstić information content (AvgIpc) is 2.81. The summed E-state index contributed by atoms with van der Waals surface area (Å²) >= 11 is 1.06. The highest BCUT2D eigenvalue weighted by Gasteiger charge is 2.29. The third-order valence-electron chi connectivity index (χ3n) is 2.82. The van der Waals surface area contributed by atoms with Gasteiger partial charge in [-0.15, -0.1) is 16.2 Å². The van der Waals surface area contributed by atoms with Crippen LogP contribution < -0.4 is 4.83 Å². The van der Waals surface area contributed by atoms with Gasteiger partial charge >= 0.3 is 5.97 Å². The van der Waals surface area contributed by atoms with Gasteiger partial charge in [0.15, 0.2) is 0 Å². The number of ether oxygens (including phenoxy) is 2. The second kappa shape index (κ2) is 6.19. The highest BCUT2D eigenvalue weighted by atomic mass is 32.2. The number of methoxy groups -OCH3 is 1. The number of carbonyl (C=O) groups is 1. The molecule has 1 aromatic heterocycles. The number of hydrazine groups is 1. The van der Waals surface area contributed by atoms with Gasteiger partial charge in [-0.1, -0.05) is 0 Å². The monoisotopic (exact) mass is 320 g/mol.